The van der Waals surface area contributed by atoms with E-state index in [9.17, 15) is 12.6 Å². The van der Waals surface area contributed by atoms with Gasteiger partial charge in [-0.2, -0.15) is 0 Å². The Labute approximate surface area is 335 Å². The first-order chi connectivity index (χ1) is 26.8. The third kappa shape index (κ3) is 11.5. The monoisotopic (exact) mass is 792 g/mol. The van der Waals surface area contributed by atoms with Gasteiger partial charge >= 0.3 is 0 Å². The van der Waals surface area contributed by atoms with Crippen LogP contribution in [0.5, 0.6) is 5.75 Å². The van der Waals surface area contributed by atoms with Crippen LogP contribution in [-0.2, 0) is 20.6 Å². The third-order valence-corrected chi connectivity index (χ3v) is 15.2. The normalized spacial score (nSPS) is 18.9. The molecule has 1 atom stereocenters. The Morgan fingerprint density at radius 2 is 1.27 bits per heavy atom. The molecule has 6 rings (SSSR count). The van der Waals surface area contributed by atoms with Crippen molar-refractivity contribution in [3.8, 4) is 5.75 Å². The van der Waals surface area contributed by atoms with Crippen LogP contribution in [0.3, 0.4) is 0 Å². The zero-order valence-corrected chi connectivity index (χ0v) is 35.5. The molecule has 3 aromatic rings. The lowest BCUT2D eigenvalue weighted by Crippen LogP contribution is -2.52. The van der Waals surface area contributed by atoms with Crippen LogP contribution in [0.1, 0.15) is 129 Å². The molecular weight excluding hydrogens is 725 g/mol. The van der Waals surface area contributed by atoms with E-state index in [0.29, 0.717) is 34.5 Å². The zero-order valence-electron chi connectivity index (χ0n) is 33.9. The SMILES string of the molecule is CCCCCCCCCCCCCCOc1ccc(S(=O)(=O)c2cnc3ccc(S(C)=O)cc3c2N2CCC(N3CCC(N4CCCCC4)CC3)CC2)cc1. The molecule has 1 aromatic heterocycles. The van der Waals surface area contributed by atoms with Crippen LogP contribution < -0.4 is 9.64 Å². The first kappa shape index (κ1) is 42.1. The van der Waals surface area contributed by atoms with E-state index < -0.39 is 20.6 Å². The first-order valence-electron chi connectivity index (χ1n) is 21.8. The van der Waals surface area contributed by atoms with E-state index in [1.807, 2.05) is 18.2 Å². The summed E-state index contributed by atoms with van der Waals surface area (Å²) in [5.74, 6) is 0.691. The van der Waals surface area contributed by atoms with Gasteiger partial charge in [0.1, 0.15) is 10.6 Å². The number of nitrogens with zero attached hydrogens (tertiary/aromatic N) is 4. The highest BCUT2D eigenvalue weighted by atomic mass is 32.2. The molecule has 10 heteroatoms. The molecule has 0 spiro atoms. The van der Waals surface area contributed by atoms with Crippen LogP contribution in [0.2, 0.25) is 0 Å². The van der Waals surface area contributed by atoms with Crippen LogP contribution in [0, 0.1) is 0 Å². The van der Waals surface area contributed by atoms with Crippen molar-refractivity contribution in [1.29, 1.82) is 0 Å². The van der Waals surface area contributed by atoms with Crippen LogP contribution in [0.25, 0.3) is 10.9 Å². The Hall–Kier alpha value is -2.53. The molecule has 3 aliphatic rings. The largest absolute Gasteiger partial charge is 0.494 e. The number of piperidine rings is 3. The molecule has 3 fully saturated rings. The second-order valence-electron chi connectivity index (χ2n) is 16.4. The molecule has 0 radical (unpaired) electrons. The first-order valence-corrected chi connectivity index (χ1v) is 24.9. The van der Waals surface area contributed by atoms with Gasteiger partial charge in [0.05, 0.1) is 22.7 Å². The molecule has 304 valence electrons. The summed E-state index contributed by atoms with van der Waals surface area (Å²) in [5.41, 5.74) is 1.40. The maximum Gasteiger partial charge on any atom is 0.210 e. The minimum Gasteiger partial charge on any atom is -0.494 e. The fourth-order valence-corrected chi connectivity index (χ4v) is 11.1. The quantitative estimate of drug-likeness (QED) is 0.105. The van der Waals surface area contributed by atoms with E-state index in [1.165, 1.54) is 116 Å². The predicted molar refractivity (Wildman–Crippen MR) is 228 cm³/mol. The lowest BCUT2D eigenvalue weighted by atomic mass is 9.95. The van der Waals surface area contributed by atoms with Crippen molar-refractivity contribution in [1.82, 2.24) is 14.8 Å². The molecule has 0 amide bonds. The molecule has 3 saturated heterocycles. The van der Waals surface area contributed by atoms with E-state index in [1.54, 1.807) is 30.5 Å². The Balaban J connectivity index is 1.06. The molecule has 0 aliphatic carbocycles. The van der Waals surface area contributed by atoms with Crippen molar-refractivity contribution in [2.24, 2.45) is 0 Å². The van der Waals surface area contributed by atoms with E-state index in [4.69, 9.17) is 4.74 Å². The van der Waals surface area contributed by atoms with Gasteiger partial charge in [0.25, 0.3) is 0 Å². The van der Waals surface area contributed by atoms with Gasteiger partial charge in [0, 0.05) is 58.7 Å². The van der Waals surface area contributed by atoms with Gasteiger partial charge in [-0.25, -0.2) is 8.42 Å². The van der Waals surface area contributed by atoms with Gasteiger partial charge in [-0.3, -0.25) is 9.19 Å². The molecular formula is C45H68N4O4S2. The summed E-state index contributed by atoms with van der Waals surface area (Å²) < 4.78 is 47.5. The smallest absolute Gasteiger partial charge is 0.210 e. The van der Waals surface area contributed by atoms with Gasteiger partial charge in [-0.1, -0.05) is 84.0 Å². The third-order valence-electron chi connectivity index (χ3n) is 12.5. The van der Waals surface area contributed by atoms with Gasteiger partial charge < -0.3 is 19.4 Å². The number of fused-ring (bicyclic) bond motifs is 1. The average molecular weight is 793 g/mol. The Bertz CT molecular complexity index is 1750. The number of likely N-dealkylation sites (tertiary alicyclic amines) is 2. The number of pyridine rings is 1. The summed E-state index contributed by atoms with van der Waals surface area (Å²) in [6.45, 7) is 9.26. The minimum absolute atomic E-state index is 0.213. The number of sulfone groups is 1. The summed E-state index contributed by atoms with van der Waals surface area (Å²) >= 11 is 0. The maximum absolute atomic E-state index is 14.4. The van der Waals surface area contributed by atoms with Gasteiger partial charge in [0.15, 0.2) is 0 Å². The van der Waals surface area contributed by atoms with Gasteiger partial charge in [-0.15, -0.1) is 0 Å². The predicted octanol–water partition coefficient (Wildman–Crippen LogP) is 9.80. The van der Waals surface area contributed by atoms with Crippen molar-refractivity contribution in [2.45, 2.75) is 156 Å². The number of hydrogen-bond donors (Lipinski definition) is 0. The van der Waals surface area contributed by atoms with Crippen molar-refractivity contribution < 1.29 is 17.4 Å². The van der Waals surface area contributed by atoms with E-state index in [2.05, 4.69) is 26.6 Å². The van der Waals surface area contributed by atoms with E-state index in [-0.39, 0.29) is 9.79 Å². The lowest BCUT2D eigenvalue weighted by Gasteiger charge is -2.45. The molecule has 2 aromatic carbocycles. The Morgan fingerprint density at radius 1 is 0.709 bits per heavy atom. The summed E-state index contributed by atoms with van der Waals surface area (Å²) in [5, 5.41) is 0.747. The fourth-order valence-electron chi connectivity index (χ4n) is 9.17. The second-order valence-corrected chi connectivity index (χ2v) is 19.7. The number of anilines is 1. The summed E-state index contributed by atoms with van der Waals surface area (Å²) in [6, 6.07) is 13.7. The number of ether oxygens (including phenoxy) is 1. The lowest BCUT2D eigenvalue weighted by molar-refractivity contribution is 0.0654. The number of unbranched alkanes of at least 4 members (excludes halogenated alkanes) is 11. The second kappa shape index (κ2) is 21.3. The zero-order chi connectivity index (χ0) is 38.5. The van der Waals surface area contributed by atoms with Crippen molar-refractivity contribution >= 4 is 37.2 Å². The van der Waals surface area contributed by atoms with Gasteiger partial charge in [0.2, 0.25) is 9.84 Å². The molecule has 3 aliphatic heterocycles. The molecule has 55 heavy (non-hydrogen) atoms. The number of hydrogen-bond acceptors (Lipinski definition) is 8. The van der Waals surface area contributed by atoms with Crippen LogP contribution in [0.4, 0.5) is 5.69 Å². The number of rotatable bonds is 20. The highest BCUT2D eigenvalue weighted by molar-refractivity contribution is 7.91. The minimum atomic E-state index is -3.91. The molecule has 1 unspecified atom stereocenters. The van der Waals surface area contributed by atoms with E-state index >= 15 is 0 Å². The molecule has 8 nitrogen and oxygen atoms in total. The number of aromatic nitrogens is 1. The van der Waals surface area contributed by atoms with Crippen molar-refractivity contribution in [2.75, 3.05) is 57.0 Å². The molecule has 0 N–H and O–H groups in total. The molecule has 0 bridgehead atoms. The average Bonchev–Trinajstić information content (AvgIpc) is 3.22. The summed E-state index contributed by atoms with van der Waals surface area (Å²) in [6.07, 6.45) is 27.3. The highest BCUT2D eigenvalue weighted by Gasteiger charge is 2.33. The van der Waals surface area contributed by atoms with Crippen LogP contribution >= 0.6 is 0 Å². The number of benzene rings is 2. The highest BCUT2D eigenvalue weighted by Crippen LogP contribution is 2.39. The topological polar surface area (TPSA) is 83.0 Å². The summed E-state index contributed by atoms with van der Waals surface area (Å²) in [7, 11) is -5.12. The van der Waals surface area contributed by atoms with Crippen molar-refractivity contribution in [3.05, 3.63) is 48.7 Å². The van der Waals surface area contributed by atoms with Crippen molar-refractivity contribution in [3.63, 3.8) is 0 Å². The standard InChI is InChI=1S/C45H68N4O4S2/c1-3-4-5-6-7-8-9-10-11-12-13-17-34-53-39-18-21-41(22-19-39)55(51,52)44-36-46-43-23-20-40(54(2)50)35-42(43)45(44)49-32-26-38(27-33-49)48-30-24-37(25-31-48)47-28-15-14-16-29-47/h18-23,35-38H,3-17,24-34H2,1-2H3. The maximum atomic E-state index is 14.4. The molecule has 0 saturated carbocycles. The van der Waals surface area contributed by atoms with Crippen LogP contribution in [0.15, 0.2) is 63.3 Å². The van der Waals surface area contributed by atoms with Crippen LogP contribution in [-0.4, -0.2) is 91.6 Å². The summed E-state index contributed by atoms with van der Waals surface area (Å²) in [4.78, 5) is 13.4. The Morgan fingerprint density at radius 3 is 1.87 bits per heavy atom. The van der Waals surface area contributed by atoms with Gasteiger partial charge in [-0.05, 0) is 114 Å². The Kier molecular flexibility index (Phi) is 16.3. The molecule has 4 heterocycles. The van der Waals surface area contributed by atoms with E-state index in [0.717, 1.165) is 63.3 Å². The fraction of sp³-hybridized carbons (Fsp3) is 0.667.